The van der Waals surface area contributed by atoms with Gasteiger partial charge in [0.2, 0.25) is 0 Å². The minimum absolute atomic E-state index is 0.341. The van der Waals surface area contributed by atoms with E-state index >= 15 is 0 Å². The number of hydrogen-bond donors (Lipinski definition) is 1. The molecule has 68 valence electrons. The standard InChI is InChI=1S/C8H20N2O/c1-5-6-10(4)7-8(11)9(2)3/h8,11H,5-7H2,1-4H3. The van der Waals surface area contributed by atoms with Crippen LogP contribution in [0.3, 0.4) is 0 Å². The Morgan fingerprint density at radius 1 is 1.27 bits per heavy atom. The Hall–Kier alpha value is -0.120. The van der Waals surface area contributed by atoms with E-state index in [4.69, 9.17) is 0 Å². The number of hydrogen-bond acceptors (Lipinski definition) is 3. The molecule has 3 heteroatoms. The summed E-state index contributed by atoms with van der Waals surface area (Å²) in [4.78, 5) is 3.94. The number of likely N-dealkylation sites (N-methyl/N-ethyl adjacent to an activating group) is 2. The molecule has 0 aromatic rings. The van der Waals surface area contributed by atoms with Gasteiger partial charge in [-0.05, 0) is 34.1 Å². The van der Waals surface area contributed by atoms with Crippen LogP contribution in [-0.4, -0.2) is 55.4 Å². The molecule has 0 aromatic carbocycles. The Morgan fingerprint density at radius 3 is 2.18 bits per heavy atom. The highest BCUT2D eigenvalue weighted by Crippen LogP contribution is 1.92. The van der Waals surface area contributed by atoms with Crippen LogP contribution in [0.4, 0.5) is 0 Å². The Bertz CT molecular complexity index is 96.1. The van der Waals surface area contributed by atoms with Crippen LogP contribution in [0.15, 0.2) is 0 Å². The van der Waals surface area contributed by atoms with Gasteiger partial charge >= 0.3 is 0 Å². The molecule has 0 saturated carbocycles. The summed E-state index contributed by atoms with van der Waals surface area (Å²) < 4.78 is 0. The maximum atomic E-state index is 9.41. The van der Waals surface area contributed by atoms with Gasteiger partial charge in [0.05, 0.1) is 0 Å². The zero-order chi connectivity index (χ0) is 8.85. The summed E-state index contributed by atoms with van der Waals surface area (Å²) >= 11 is 0. The van der Waals surface area contributed by atoms with Crippen LogP contribution in [0, 0.1) is 0 Å². The van der Waals surface area contributed by atoms with Crippen molar-refractivity contribution in [3.05, 3.63) is 0 Å². The second-order valence-electron chi connectivity index (χ2n) is 3.21. The van der Waals surface area contributed by atoms with E-state index in [9.17, 15) is 5.11 Å². The molecule has 1 unspecified atom stereocenters. The summed E-state index contributed by atoms with van der Waals surface area (Å²) in [5.41, 5.74) is 0. The Kier molecular flexibility index (Phi) is 5.46. The lowest BCUT2D eigenvalue weighted by atomic mass is 10.4. The summed E-state index contributed by atoms with van der Waals surface area (Å²) in [5.74, 6) is 0. The van der Waals surface area contributed by atoms with Gasteiger partial charge in [0.1, 0.15) is 6.23 Å². The topological polar surface area (TPSA) is 26.7 Å². The molecule has 0 aromatic heterocycles. The van der Waals surface area contributed by atoms with E-state index < -0.39 is 0 Å². The summed E-state index contributed by atoms with van der Waals surface area (Å²) in [7, 11) is 5.78. The molecule has 0 aliphatic heterocycles. The zero-order valence-electron chi connectivity index (χ0n) is 8.04. The van der Waals surface area contributed by atoms with E-state index in [-0.39, 0.29) is 6.23 Å². The highest BCUT2D eigenvalue weighted by atomic mass is 16.3. The van der Waals surface area contributed by atoms with Gasteiger partial charge in [-0.25, -0.2) is 0 Å². The SMILES string of the molecule is CCCN(C)CC(O)N(C)C. The van der Waals surface area contributed by atoms with E-state index in [1.54, 1.807) is 0 Å². The third-order valence-corrected chi connectivity index (χ3v) is 1.68. The zero-order valence-corrected chi connectivity index (χ0v) is 8.04. The number of aliphatic hydroxyl groups is 1. The van der Waals surface area contributed by atoms with Gasteiger partial charge < -0.3 is 10.0 Å². The second kappa shape index (κ2) is 5.52. The minimum atomic E-state index is -0.341. The van der Waals surface area contributed by atoms with Gasteiger partial charge in [-0.3, -0.25) is 4.90 Å². The first-order valence-corrected chi connectivity index (χ1v) is 4.11. The molecular formula is C8H20N2O. The average molecular weight is 160 g/mol. The Balaban J connectivity index is 3.48. The smallest absolute Gasteiger partial charge is 0.119 e. The predicted molar refractivity (Wildman–Crippen MR) is 47.5 cm³/mol. The van der Waals surface area contributed by atoms with E-state index in [0.717, 1.165) is 19.5 Å². The van der Waals surface area contributed by atoms with Crippen molar-refractivity contribution in [1.29, 1.82) is 0 Å². The molecule has 3 nitrogen and oxygen atoms in total. The number of aliphatic hydroxyl groups excluding tert-OH is 1. The van der Waals surface area contributed by atoms with Gasteiger partial charge in [0, 0.05) is 6.54 Å². The summed E-state index contributed by atoms with van der Waals surface area (Å²) in [5, 5.41) is 9.41. The first-order valence-electron chi connectivity index (χ1n) is 4.11. The molecule has 0 aliphatic carbocycles. The molecule has 1 atom stereocenters. The molecule has 0 bridgehead atoms. The van der Waals surface area contributed by atoms with Crippen LogP contribution in [0.25, 0.3) is 0 Å². The molecule has 0 heterocycles. The predicted octanol–water partition coefficient (Wildman–Crippen LogP) is 0.208. The monoisotopic (exact) mass is 160 g/mol. The van der Waals surface area contributed by atoms with E-state index in [0.29, 0.717) is 0 Å². The van der Waals surface area contributed by atoms with Crippen LogP contribution in [-0.2, 0) is 0 Å². The molecule has 0 aliphatic rings. The Labute approximate surface area is 69.6 Å². The fourth-order valence-corrected chi connectivity index (χ4v) is 0.915. The molecule has 0 radical (unpaired) electrons. The number of rotatable bonds is 5. The van der Waals surface area contributed by atoms with Gasteiger partial charge in [0.15, 0.2) is 0 Å². The van der Waals surface area contributed by atoms with E-state index in [1.165, 1.54) is 0 Å². The molecule has 0 fully saturated rings. The van der Waals surface area contributed by atoms with Crippen molar-refractivity contribution in [1.82, 2.24) is 9.80 Å². The van der Waals surface area contributed by atoms with Crippen LogP contribution in [0.1, 0.15) is 13.3 Å². The van der Waals surface area contributed by atoms with Crippen LogP contribution >= 0.6 is 0 Å². The molecule has 0 rings (SSSR count). The van der Waals surface area contributed by atoms with Crippen molar-refractivity contribution in [2.75, 3.05) is 34.2 Å². The fourth-order valence-electron chi connectivity index (χ4n) is 0.915. The van der Waals surface area contributed by atoms with Crippen molar-refractivity contribution in [3.8, 4) is 0 Å². The van der Waals surface area contributed by atoms with Crippen molar-refractivity contribution in [2.24, 2.45) is 0 Å². The van der Waals surface area contributed by atoms with Crippen molar-refractivity contribution < 1.29 is 5.11 Å². The maximum Gasteiger partial charge on any atom is 0.119 e. The normalized spacial score (nSPS) is 14.5. The first kappa shape index (κ1) is 10.9. The Morgan fingerprint density at radius 2 is 1.82 bits per heavy atom. The highest BCUT2D eigenvalue weighted by molar-refractivity contribution is 4.57. The van der Waals surface area contributed by atoms with Gasteiger partial charge in [-0.1, -0.05) is 6.92 Å². The quantitative estimate of drug-likeness (QED) is 0.582. The average Bonchev–Trinajstić information content (AvgIpc) is 1.87. The fraction of sp³-hybridized carbons (Fsp3) is 1.00. The summed E-state index contributed by atoms with van der Waals surface area (Å²) in [6, 6.07) is 0. The molecule has 1 N–H and O–H groups in total. The van der Waals surface area contributed by atoms with Crippen molar-refractivity contribution in [3.63, 3.8) is 0 Å². The molecule has 11 heavy (non-hydrogen) atoms. The van der Waals surface area contributed by atoms with Gasteiger partial charge in [-0.2, -0.15) is 0 Å². The van der Waals surface area contributed by atoms with Gasteiger partial charge in [0.25, 0.3) is 0 Å². The minimum Gasteiger partial charge on any atom is -0.377 e. The summed E-state index contributed by atoms with van der Waals surface area (Å²) in [6.45, 7) is 3.91. The lowest BCUT2D eigenvalue weighted by molar-refractivity contribution is 0.0148. The third-order valence-electron chi connectivity index (χ3n) is 1.68. The highest BCUT2D eigenvalue weighted by Gasteiger charge is 2.08. The van der Waals surface area contributed by atoms with Crippen LogP contribution in [0.2, 0.25) is 0 Å². The summed E-state index contributed by atoms with van der Waals surface area (Å²) in [6.07, 6.45) is 0.794. The van der Waals surface area contributed by atoms with E-state index in [1.807, 2.05) is 26.0 Å². The lowest BCUT2D eigenvalue weighted by Gasteiger charge is -2.24. The number of nitrogens with zero attached hydrogens (tertiary/aromatic N) is 2. The third kappa shape index (κ3) is 5.18. The molecule has 0 amide bonds. The maximum absolute atomic E-state index is 9.41. The molecular weight excluding hydrogens is 140 g/mol. The van der Waals surface area contributed by atoms with Crippen molar-refractivity contribution >= 4 is 0 Å². The molecule has 0 saturated heterocycles. The van der Waals surface area contributed by atoms with Gasteiger partial charge in [-0.15, -0.1) is 0 Å². The molecule has 0 spiro atoms. The van der Waals surface area contributed by atoms with Crippen LogP contribution < -0.4 is 0 Å². The van der Waals surface area contributed by atoms with Crippen LogP contribution in [0.5, 0.6) is 0 Å². The van der Waals surface area contributed by atoms with E-state index in [2.05, 4.69) is 11.8 Å². The largest absolute Gasteiger partial charge is 0.377 e. The second-order valence-corrected chi connectivity index (χ2v) is 3.21. The first-order chi connectivity index (χ1) is 5.07. The van der Waals surface area contributed by atoms with Crippen molar-refractivity contribution in [2.45, 2.75) is 19.6 Å². The lowest BCUT2D eigenvalue weighted by Crippen LogP contribution is -2.38.